The van der Waals surface area contributed by atoms with Crippen molar-refractivity contribution in [1.29, 1.82) is 0 Å². The van der Waals surface area contributed by atoms with E-state index in [4.69, 9.17) is 15.9 Å². The van der Waals surface area contributed by atoms with E-state index in [1.165, 1.54) is 0 Å². The zero-order chi connectivity index (χ0) is 9.72. The van der Waals surface area contributed by atoms with Gasteiger partial charge in [0.2, 0.25) is 0 Å². The third kappa shape index (κ3) is 3.29. The first-order valence-corrected chi connectivity index (χ1v) is 3.26. The van der Waals surface area contributed by atoms with Crippen LogP contribution in [0.15, 0.2) is 0 Å². The van der Waals surface area contributed by atoms with E-state index in [-0.39, 0.29) is 6.42 Å². The summed E-state index contributed by atoms with van der Waals surface area (Å²) in [5, 5.41) is 16.6. The second-order valence-corrected chi connectivity index (χ2v) is 2.37. The predicted octanol–water partition coefficient (Wildman–Crippen LogP) is -0.541. The number of hydrogen-bond donors (Lipinski definition) is 3. The molecule has 12 heavy (non-hydrogen) atoms. The van der Waals surface area contributed by atoms with Crippen molar-refractivity contribution in [3.8, 4) is 0 Å². The van der Waals surface area contributed by atoms with E-state index < -0.39 is 30.6 Å². The van der Waals surface area contributed by atoms with Gasteiger partial charge in [0.05, 0.1) is 5.92 Å². The summed E-state index contributed by atoms with van der Waals surface area (Å²) in [7, 11) is 0. The van der Waals surface area contributed by atoms with Gasteiger partial charge in [-0.1, -0.05) is 0 Å². The van der Waals surface area contributed by atoms with Crippen LogP contribution in [0.3, 0.4) is 0 Å². The van der Waals surface area contributed by atoms with Gasteiger partial charge >= 0.3 is 11.9 Å². The van der Waals surface area contributed by atoms with Crippen LogP contribution < -0.4 is 5.73 Å². The van der Waals surface area contributed by atoms with E-state index in [1.807, 2.05) is 0 Å². The lowest BCUT2D eigenvalue weighted by Gasteiger charge is -2.10. The molecule has 0 aliphatic rings. The van der Waals surface area contributed by atoms with Crippen LogP contribution in [0.5, 0.6) is 0 Å². The third-order valence-electron chi connectivity index (χ3n) is 1.39. The van der Waals surface area contributed by atoms with Gasteiger partial charge in [-0.05, 0) is 6.42 Å². The second kappa shape index (κ2) is 4.66. The number of aliphatic carboxylic acids is 2. The first-order chi connectivity index (χ1) is 5.49. The Morgan fingerprint density at radius 2 is 1.83 bits per heavy atom. The van der Waals surface area contributed by atoms with E-state index in [1.54, 1.807) is 0 Å². The van der Waals surface area contributed by atoms with Gasteiger partial charge in [0.25, 0.3) is 0 Å². The Morgan fingerprint density at radius 3 is 2.08 bits per heavy atom. The van der Waals surface area contributed by atoms with Crippen molar-refractivity contribution < 1.29 is 24.2 Å². The first kappa shape index (κ1) is 10.8. The van der Waals surface area contributed by atoms with Crippen molar-refractivity contribution in [3.05, 3.63) is 0 Å². The van der Waals surface area contributed by atoms with Gasteiger partial charge in [-0.15, -0.1) is 0 Å². The molecule has 0 heterocycles. The Bertz CT molecular complexity index is 184. The molecule has 6 heteroatoms. The van der Waals surface area contributed by atoms with E-state index in [0.717, 1.165) is 0 Å². The molecule has 0 amide bonds. The fraction of sp³-hybridized carbons (Fsp3) is 0.667. The fourth-order valence-electron chi connectivity index (χ4n) is 0.637. The van der Waals surface area contributed by atoms with Crippen LogP contribution in [0.1, 0.15) is 6.42 Å². The maximum Gasteiger partial charge on any atom is 0.320 e. The first-order valence-electron chi connectivity index (χ1n) is 3.26. The summed E-state index contributed by atoms with van der Waals surface area (Å²) in [6.07, 6.45) is -0.388. The minimum Gasteiger partial charge on any atom is -0.481 e. The van der Waals surface area contributed by atoms with Crippen LogP contribution in [0, 0.1) is 5.92 Å². The Balaban J connectivity index is 4.02. The number of nitrogens with two attached hydrogens (primary N) is 1. The van der Waals surface area contributed by atoms with Crippen molar-refractivity contribution in [2.45, 2.75) is 12.5 Å². The topological polar surface area (TPSA) is 101 Å². The fourth-order valence-corrected chi connectivity index (χ4v) is 0.637. The number of alkyl halides is 1. The van der Waals surface area contributed by atoms with Gasteiger partial charge in [-0.2, -0.15) is 0 Å². The van der Waals surface area contributed by atoms with Gasteiger partial charge < -0.3 is 15.9 Å². The molecular formula is C6H10FNO4. The highest BCUT2D eigenvalue weighted by Gasteiger charge is 2.23. The Kier molecular flexibility index (Phi) is 4.20. The number of carboxylic acid groups (broad SMARTS) is 2. The zero-order valence-corrected chi connectivity index (χ0v) is 6.24. The zero-order valence-electron chi connectivity index (χ0n) is 6.24. The van der Waals surface area contributed by atoms with Crippen LogP contribution in [-0.4, -0.2) is 34.9 Å². The summed E-state index contributed by atoms with van der Waals surface area (Å²) in [5.74, 6) is -4.01. The largest absolute Gasteiger partial charge is 0.481 e. The molecule has 0 saturated carbocycles. The Hall–Kier alpha value is -1.17. The molecule has 0 saturated heterocycles. The van der Waals surface area contributed by atoms with Crippen LogP contribution in [0.4, 0.5) is 4.39 Å². The number of halogens is 1. The van der Waals surface area contributed by atoms with Crippen molar-refractivity contribution in [3.63, 3.8) is 0 Å². The molecule has 1 unspecified atom stereocenters. The van der Waals surface area contributed by atoms with Crippen molar-refractivity contribution in [1.82, 2.24) is 0 Å². The lowest BCUT2D eigenvalue weighted by Crippen LogP contribution is -2.35. The van der Waals surface area contributed by atoms with E-state index in [9.17, 15) is 14.0 Å². The molecular weight excluding hydrogens is 168 g/mol. The monoisotopic (exact) mass is 178 g/mol. The second-order valence-electron chi connectivity index (χ2n) is 2.37. The van der Waals surface area contributed by atoms with E-state index >= 15 is 0 Å². The normalized spacial score (nSPS) is 15.2. The van der Waals surface area contributed by atoms with Gasteiger partial charge in [0.15, 0.2) is 0 Å². The molecule has 0 bridgehead atoms. The highest BCUT2D eigenvalue weighted by atomic mass is 18.2. The maximum absolute atomic E-state index is 11.9. The molecule has 0 aliphatic heterocycles. The molecule has 0 fully saturated rings. The molecule has 70 valence electrons. The summed E-state index contributed by atoms with van der Waals surface area (Å²) >= 11 is 0. The maximum atomic E-state index is 11.9. The van der Waals surface area contributed by atoms with Crippen molar-refractivity contribution in [2.75, 3.05) is 6.67 Å². The molecule has 0 spiro atoms. The molecule has 0 rings (SSSR count). The molecule has 4 N–H and O–H groups in total. The van der Waals surface area contributed by atoms with Gasteiger partial charge in [-0.25, -0.2) is 0 Å². The van der Waals surface area contributed by atoms with Crippen LogP contribution >= 0.6 is 0 Å². The smallest absolute Gasteiger partial charge is 0.320 e. The van der Waals surface area contributed by atoms with Crippen molar-refractivity contribution in [2.24, 2.45) is 11.7 Å². The van der Waals surface area contributed by atoms with Gasteiger partial charge in [-0.3, -0.25) is 14.0 Å². The Labute approximate surface area is 68.0 Å². The summed E-state index contributed by atoms with van der Waals surface area (Å²) in [4.78, 5) is 20.3. The third-order valence-corrected chi connectivity index (χ3v) is 1.39. The van der Waals surface area contributed by atoms with Gasteiger partial charge in [0.1, 0.15) is 12.7 Å². The highest BCUT2D eigenvalue weighted by Crippen LogP contribution is 2.06. The lowest BCUT2D eigenvalue weighted by atomic mass is 10.0. The average Bonchev–Trinajstić information content (AvgIpc) is 1.98. The van der Waals surface area contributed by atoms with Crippen molar-refractivity contribution >= 4 is 11.9 Å². The summed E-state index contributed by atoms with van der Waals surface area (Å²) in [6, 6.07) is -1.32. The summed E-state index contributed by atoms with van der Waals surface area (Å²) in [5.41, 5.74) is 5.00. The number of carboxylic acids is 2. The van der Waals surface area contributed by atoms with Crippen LogP contribution in [0.2, 0.25) is 0 Å². The molecule has 0 aromatic rings. The average molecular weight is 178 g/mol. The predicted molar refractivity (Wildman–Crippen MR) is 37.3 cm³/mol. The molecule has 0 aliphatic carbocycles. The molecule has 2 atom stereocenters. The highest BCUT2D eigenvalue weighted by molar-refractivity contribution is 5.75. The quantitative estimate of drug-likeness (QED) is 0.524. The minimum atomic E-state index is -1.37. The van der Waals surface area contributed by atoms with E-state index in [2.05, 4.69) is 0 Å². The molecule has 0 aromatic carbocycles. The molecule has 0 radical (unpaired) electrons. The summed E-state index contributed by atoms with van der Waals surface area (Å²) < 4.78 is 11.9. The number of carbonyl (C=O) groups is 2. The Morgan fingerprint density at radius 1 is 1.33 bits per heavy atom. The number of rotatable bonds is 5. The SMILES string of the molecule is N[C@@H](CC(C[18F])C(=O)O)C(=O)O. The van der Waals surface area contributed by atoms with Gasteiger partial charge in [0, 0.05) is 0 Å². The molecule has 5 nitrogen and oxygen atoms in total. The summed E-state index contributed by atoms with van der Waals surface area (Å²) in [6.45, 7) is -1.10. The van der Waals surface area contributed by atoms with Crippen LogP contribution in [-0.2, 0) is 9.59 Å². The minimum absolute atomic E-state index is 0.388. The van der Waals surface area contributed by atoms with E-state index in [0.29, 0.717) is 0 Å². The van der Waals surface area contributed by atoms with Crippen LogP contribution in [0.25, 0.3) is 0 Å². The molecule has 0 aromatic heterocycles. The number of hydrogen-bond acceptors (Lipinski definition) is 3. The standard InChI is InChI=1S/C6H10FNO4/c7-2-3(5(9)10)1-4(8)6(11)12/h3-4H,1-2,8H2,(H,9,10)(H,11,12)/t3?,4-/m0/s1/i7-1. The lowest BCUT2D eigenvalue weighted by molar-refractivity contribution is -0.144.